The Morgan fingerprint density at radius 3 is 2.40 bits per heavy atom. The second-order valence-corrected chi connectivity index (χ2v) is 13.5. The van der Waals surface area contributed by atoms with Crippen LogP contribution in [0.15, 0.2) is 36.7 Å². The van der Waals surface area contributed by atoms with Crippen LogP contribution in [0.5, 0.6) is 0 Å². The van der Waals surface area contributed by atoms with Gasteiger partial charge in [-0.05, 0) is 64.5 Å². The van der Waals surface area contributed by atoms with Gasteiger partial charge in [-0.3, -0.25) is 9.59 Å². The molecule has 248 valence electrons. The standard InChI is InChI=1S/C34H51N5O6/c1-25(2)21-38(32(41)30-29(14-10-11-17-43-6)39(24-35-30)27-12-8-7-9-13-27)28-20-26(31(40)36-15-18-44-19-16-36)22-37(23-28)33(42)45-34(3,4)5/h7-9,12-13,24-26,28H,10-11,14-23H2,1-6H3/t26-,28+/m1/s1. The molecule has 0 N–H and O–H groups in total. The van der Waals surface area contributed by atoms with E-state index in [1.54, 1.807) is 18.3 Å². The van der Waals surface area contributed by atoms with Crippen LogP contribution in [-0.4, -0.2) is 113 Å². The number of rotatable bonds is 11. The number of benzene rings is 1. The van der Waals surface area contributed by atoms with Crippen molar-refractivity contribution in [3.8, 4) is 5.69 Å². The number of aromatic nitrogens is 2. The van der Waals surface area contributed by atoms with Crippen LogP contribution in [-0.2, 0) is 25.4 Å². The average Bonchev–Trinajstić information content (AvgIpc) is 3.45. The van der Waals surface area contributed by atoms with Crippen molar-refractivity contribution >= 4 is 17.9 Å². The summed E-state index contributed by atoms with van der Waals surface area (Å²) in [5.74, 6) is -0.512. The summed E-state index contributed by atoms with van der Waals surface area (Å²) in [4.78, 5) is 51.7. The van der Waals surface area contributed by atoms with E-state index in [2.05, 4.69) is 13.8 Å². The summed E-state index contributed by atoms with van der Waals surface area (Å²) in [6.07, 6.45) is 4.05. The number of hydrogen-bond donors (Lipinski definition) is 0. The number of unbranched alkanes of at least 4 members (excludes halogenated alkanes) is 1. The minimum Gasteiger partial charge on any atom is -0.444 e. The lowest BCUT2D eigenvalue weighted by Gasteiger charge is -2.44. The molecule has 2 aliphatic rings. The first-order chi connectivity index (χ1) is 21.5. The Hall–Kier alpha value is -3.44. The van der Waals surface area contributed by atoms with E-state index in [4.69, 9.17) is 19.2 Å². The highest BCUT2D eigenvalue weighted by molar-refractivity contribution is 5.94. The third-order valence-electron chi connectivity index (χ3n) is 8.13. The third kappa shape index (κ3) is 9.29. The average molecular weight is 626 g/mol. The van der Waals surface area contributed by atoms with Crippen molar-refractivity contribution in [2.75, 3.05) is 59.7 Å². The van der Waals surface area contributed by atoms with E-state index in [0.717, 1.165) is 24.2 Å². The number of hydrogen-bond acceptors (Lipinski definition) is 7. The topological polar surface area (TPSA) is 106 Å². The molecule has 0 bridgehead atoms. The Bertz CT molecular complexity index is 1270. The lowest BCUT2D eigenvalue weighted by Crippen LogP contribution is -2.58. The zero-order chi connectivity index (χ0) is 32.6. The zero-order valence-corrected chi connectivity index (χ0v) is 27.9. The molecule has 11 nitrogen and oxygen atoms in total. The highest BCUT2D eigenvalue weighted by atomic mass is 16.6. The molecule has 3 heterocycles. The van der Waals surface area contributed by atoms with E-state index in [1.165, 1.54) is 0 Å². The Labute approximate surface area is 267 Å². The molecule has 0 saturated carbocycles. The van der Waals surface area contributed by atoms with Gasteiger partial charge in [0.25, 0.3) is 5.91 Å². The van der Waals surface area contributed by atoms with E-state index in [9.17, 15) is 14.4 Å². The fraction of sp³-hybridized carbons (Fsp3) is 0.647. The first kappa shape index (κ1) is 34.4. The molecule has 2 saturated heterocycles. The van der Waals surface area contributed by atoms with Gasteiger partial charge < -0.3 is 33.5 Å². The molecule has 1 aromatic heterocycles. The molecule has 11 heteroatoms. The molecule has 0 aliphatic carbocycles. The molecular formula is C34H51N5O6. The molecule has 45 heavy (non-hydrogen) atoms. The largest absolute Gasteiger partial charge is 0.444 e. The summed E-state index contributed by atoms with van der Waals surface area (Å²) < 4.78 is 18.5. The van der Waals surface area contributed by atoms with Crippen molar-refractivity contribution in [1.29, 1.82) is 0 Å². The second-order valence-electron chi connectivity index (χ2n) is 13.5. The number of morpholine rings is 1. The Kier molecular flexibility index (Phi) is 12.0. The quantitative estimate of drug-likeness (QED) is 0.340. The number of piperidine rings is 1. The van der Waals surface area contributed by atoms with Gasteiger partial charge in [-0.15, -0.1) is 0 Å². The minimum absolute atomic E-state index is 0.0132. The zero-order valence-electron chi connectivity index (χ0n) is 27.9. The van der Waals surface area contributed by atoms with Gasteiger partial charge in [0.05, 0.1) is 30.9 Å². The van der Waals surface area contributed by atoms with Crippen LogP contribution in [0.1, 0.15) is 70.1 Å². The van der Waals surface area contributed by atoms with Crippen molar-refractivity contribution in [1.82, 2.24) is 24.3 Å². The first-order valence-corrected chi connectivity index (χ1v) is 16.2. The van der Waals surface area contributed by atoms with Gasteiger partial charge >= 0.3 is 6.09 Å². The molecule has 3 amide bonds. The fourth-order valence-electron chi connectivity index (χ4n) is 6.06. The Balaban J connectivity index is 1.68. The number of para-hydroxylation sites is 1. The van der Waals surface area contributed by atoms with Crippen molar-refractivity contribution in [3.63, 3.8) is 0 Å². The molecule has 0 unspecified atom stereocenters. The predicted octanol–water partition coefficient (Wildman–Crippen LogP) is 4.42. The van der Waals surface area contributed by atoms with E-state index >= 15 is 0 Å². The van der Waals surface area contributed by atoms with Gasteiger partial charge in [0.1, 0.15) is 17.6 Å². The molecule has 0 spiro atoms. The van der Waals surface area contributed by atoms with Gasteiger partial charge in [-0.2, -0.15) is 0 Å². The molecule has 2 aliphatic heterocycles. The van der Waals surface area contributed by atoms with Gasteiger partial charge in [0, 0.05) is 52.1 Å². The van der Waals surface area contributed by atoms with Crippen LogP contribution in [0.25, 0.3) is 5.69 Å². The number of carbonyl (C=O) groups excluding carboxylic acids is 3. The van der Waals surface area contributed by atoms with Crippen molar-refractivity contribution < 1.29 is 28.6 Å². The van der Waals surface area contributed by atoms with Gasteiger partial charge in [0.15, 0.2) is 0 Å². The normalized spacial score (nSPS) is 19.1. The summed E-state index contributed by atoms with van der Waals surface area (Å²) in [5.41, 5.74) is 1.49. The van der Waals surface area contributed by atoms with E-state index < -0.39 is 17.6 Å². The maximum Gasteiger partial charge on any atom is 0.410 e. The number of imidazole rings is 1. The van der Waals surface area contributed by atoms with Crippen LogP contribution in [0.3, 0.4) is 0 Å². The summed E-state index contributed by atoms with van der Waals surface area (Å²) in [5, 5.41) is 0. The molecule has 0 radical (unpaired) electrons. The van der Waals surface area contributed by atoms with Crippen molar-refractivity contribution in [2.45, 2.75) is 71.9 Å². The van der Waals surface area contributed by atoms with Gasteiger partial charge in [-0.1, -0.05) is 32.0 Å². The van der Waals surface area contributed by atoms with Gasteiger partial charge in [-0.25, -0.2) is 9.78 Å². The summed E-state index contributed by atoms with van der Waals surface area (Å²) in [7, 11) is 1.69. The molecule has 2 atom stereocenters. The van der Waals surface area contributed by atoms with Crippen LogP contribution in [0, 0.1) is 11.8 Å². The number of methoxy groups -OCH3 is 1. The van der Waals surface area contributed by atoms with E-state index in [1.807, 2.05) is 65.5 Å². The van der Waals surface area contributed by atoms with Crippen LogP contribution in [0.2, 0.25) is 0 Å². The predicted molar refractivity (Wildman–Crippen MR) is 171 cm³/mol. The fourth-order valence-corrected chi connectivity index (χ4v) is 6.06. The van der Waals surface area contributed by atoms with Crippen LogP contribution < -0.4 is 0 Å². The van der Waals surface area contributed by atoms with Crippen molar-refractivity contribution in [3.05, 3.63) is 48.0 Å². The first-order valence-electron chi connectivity index (χ1n) is 16.2. The molecule has 2 aromatic rings. The third-order valence-corrected chi connectivity index (χ3v) is 8.13. The number of carbonyl (C=O) groups is 3. The van der Waals surface area contributed by atoms with Crippen LogP contribution >= 0.6 is 0 Å². The number of nitrogens with zero attached hydrogens (tertiary/aromatic N) is 5. The lowest BCUT2D eigenvalue weighted by atomic mass is 9.91. The minimum atomic E-state index is -0.691. The summed E-state index contributed by atoms with van der Waals surface area (Å²) in [6.45, 7) is 13.3. The lowest BCUT2D eigenvalue weighted by molar-refractivity contribution is -0.142. The number of ether oxygens (including phenoxy) is 3. The number of likely N-dealkylation sites (tertiary alicyclic amines) is 1. The molecular weight excluding hydrogens is 574 g/mol. The van der Waals surface area contributed by atoms with Crippen molar-refractivity contribution in [2.24, 2.45) is 11.8 Å². The van der Waals surface area contributed by atoms with Crippen LogP contribution in [0.4, 0.5) is 4.79 Å². The monoisotopic (exact) mass is 625 g/mol. The summed E-state index contributed by atoms with van der Waals surface area (Å²) in [6, 6.07) is 9.51. The molecule has 1 aromatic carbocycles. The Morgan fingerprint density at radius 1 is 1.04 bits per heavy atom. The molecule has 2 fully saturated rings. The maximum absolute atomic E-state index is 14.6. The van der Waals surface area contributed by atoms with E-state index in [-0.39, 0.29) is 36.9 Å². The highest BCUT2D eigenvalue weighted by Crippen LogP contribution is 2.28. The Morgan fingerprint density at radius 2 is 1.76 bits per heavy atom. The second kappa shape index (κ2) is 15.7. The SMILES string of the molecule is COCCCCc1c(C(=O)N(CC(C)C)[C@H]2C[C@@H](C(=O)N3CCOCC3)CN(C(=O)OC(C)(C)C)C2)ncn1-c1ccccc1. The molecule has 4 rings (SSSR count). The number of amides is 3. The van der Waals surface area contributed by atoms with E-state index in [0.29, 0.717) is 58.0 Å². The maximum atomic E-state index is 14.6. The smallest absolute Gasteiger partial charge is 0.410 e. The van der Waals surface area contributed by atoms with Gasteiger partial charge in [0.2, 0.25) is 5.91 Å². The highest BCUT2D eigenvalue weighted by Gasteiger charge is 2.41. The summed E-state index contributed by atoms with van der Waals surface area (Å²) >= 11 is 0.